The molecule has 0 spiro atoms. The number of benzene rings is 3. The number of nitrogens with zero attached hydrogens (tertiary/aromatic N) is 2. The number of nitrogens with one attached hydrogen (secondary N) is 1. The first-order valence-corrected chi connectivity index (χ1v) is 16.3. The van der Waals surface area contributed by atoms with Crippen LogP contribution >= 0.6 is 0 Å². The van der Waals surface area contributed by atoms with E-state index in [9.17, 15) is 44.7 Å². The number of hydrogen-bond acceptors (Lipinski definition) is 10. The molecule has 3 aliphatic rings. The molecule has 1 fully saturated rings. The number of fused-ring (bicyclic) bond motifs is 2. The summed E-state index contributed by atoms with van der Waals surface area (Å²) in [6.45, 7) is -0.838. The highest BCUT2D eigenvalue weighted by molar-refractivity contribution is 7.93. The highest BCUT2D eigenvalue weighted by Crippen LogP contribution is 2.60. The van der Waals surface area contributed by atoms with Gasteiger partial charge in [-0.2, -0.15) is 4.31 Å². The number of ether oxygens (including phenoxy) is 5. The van der Waals surface area contributed by atoms with Crippen molar-refractivity contribution in [2.45, 2.75) is 41.7 Å². The molecule has 0 saturated carbocycles. The smallest absolute Gasteiger partial charge is 0.497 e. The fraction of sp³-hybridized carbons (Fsp3) is 0.355. The lowest BCUT2D eigenvalue weighted by Crippen LogP contribution is -2.69. The second-order valence-electron chi connectivity index (χ2n) is 11.9. The number of anilines is 1. The number of methoxy groups -OCH3 is 1. The van der Waals surface area contributed by atoms with Gasteiger partial charge in [0.05, 0.1) is 31.0 Å². The average Bonchev–Trinajstić information content (AvgIpc) is 3.71. The zero-order valence-electron chi connectivity index (χ0n) is 26.7. The molecular weight excluding hydrogens is 720 g/mol. The predicted molar refractivity (Wildman–Crippen MR) is 160 cm³/mol. The largest absolute Gasteiger partial charge is 0.573 e. The van der Waals surface area contributed by atoms with E-state index in [1.165, 1.54) is 32.3 Å². The number of alkyl halides is 6. The van der Waals surface area contributed by atoms with Crippen LogP contribution in [0.5, 0.6) is 28.7 Å². The van der Waals surface area contributed by atoms with Gasteiger partial charge in [0.25, 0.3) is 15.9 Å². The molecule has 2 unspecified atom stereocenters. The molecule has 2 amide bonds. The number of carbonyl (C=O) groups is 2. The molecule has 274 valence electrons. The minimum absolute atomic E-state index is 0.0454. The first kappa shape index (κ1) is 35.9. The van der Waals surface area contributed by atoms with Crippen LogP contribution in [-0.2, 0) is 25.2 Å². The van der Waals surface area contributed by atoms with Gasteiger partial charge in [-0.15, -0.1) is 26.3 Å². The molecule has 0 radical (unpaired) electrons. The monoisotopic (exact) mass is 748 g/mol. The Kier molecular flexibility index (Phi) is 8.50. The third-order valence-electron chi connectivity index (χ3n) is 9.07. The molecule has 0 aliphatic carbocycles. The van der Waals surface area contributed by atoms with E-state index in [-0.39, 0.29) is 33.5 Å². The van der Waals surface area contributed by atoms with Gasteiger partial charge in [-0.05, 0) is 42.5 Å². The van der Waals surface area contributed by atoms with E-state index in [2.05, 4.69) is 14.8 Å². The van der Waals surface area contributed by atoms with Crippen LogP contribution < -0.4 is 33.3 Å². The molecule has 51 heavy (non-hydrogen) atoms. The maximum atomic E-state index is 15.4. The summed E-state index contributed by atoms with van der Waals surface area (Å²) < 4.78 is 135. The minimum atomic E-state index is -5.49. The SMILES string of the molecule is CNC(=O)[C@@H]1C[C@@H](O)C[N+]1(C)C1(c2cccc3c2OCO3)C(=O)N(S(=O)(=O)c2ccc(OC)cc2OC(F)(F)F)c2ccc(OC(F)(F)F)cc21. The quantitative estimate of drug-likeness (QED) is 0.259. The Bertz CT molecular complexity index is 2030. The van der Waals surface area contributed by atoms with Crippen LogP contribution in [0.4, 0.5) is 32.0 Å². The van der Waals surface area contributed by atoms with Crippen LogP contribution in [-0.4, -0.2) is 89.2 Å². The Morgan fingerprint density at radius 1 is 1.00 bits per heavy atom. The van der Waals surface area contributed by atoms with Crippen LogP contribution in [0.2, 0.25) is 0 Å². The summed E-state index contributed by atoms with van der Waals surface area (Å²) in [6, 6.07) is 7.36. The van der Waals surface area contributed by atoms with Gasteiger partial charge in [0.15, 0.2) is 23.3 Å². The Hall–Kier alpha value is -4.95. The number of amides is 2. The van der Waals surface area contributed by atoms with E-state index in [0.717, 1.165) is 25.3 Å². The number of quaternary nitrogens is 1. The molecule has 3 aromatic carbocycles. The summed E-state index contributed by atoms with van der Waals surface area (Å²) in [4.78, 5) is 27.8. The zero-order chi connectivity index (χ0) is 37.3. The van der Waals surface area contributed by atoms with E-state index in [1.807, 2.05) is 0 Å². The number of aliphatic hydroxyl groups excluding tert-OH is 1. The van der Waals surface area contributed by atoms with Gasteiger partial charge in [0, 0.05) is 19.5 Å². The number of halogens is 6. The lowest BCUT2D eigenvalue weighted by Gasteiger charge is -2.48. The minimum Gasteiger partial charge on any atom is -0.497 e. The van der Waals surface area contributed by atoms with Crippen molar-refractivity contribution < 1.29 is 77.6 Å². The molecule has 4 atom stereocenters. The Morgan fingerprint density at radius 2 is 1.69 bits per heavy atom. The summed E-state index contributed by atoms with van der Waals surface area (Å²) in [6.07, 6.45) is -12.3. The number of para-hydroxylation sites is 1. The number of sulfonamides is 1. The first-order valence-electron chi connectivity index (χ1n) is 14.9. The Balaban J connectivity index is 1.73. The van der Waals surface area contributed by atoms with Crippen molar-refractivity contribution in [3.63, 3.8) is 0 Å². The maximum absolute atomic E-state index is 15.4. The van der Waals surface area contributed by atoms with Crippen molar-refractivity contribution in [1.82, 2.24) is 5.32 Å². The lowest BCUT2D eigenvalue weighted by molar-refractivity contribution is -0.953. The van der Waals surface area contributed by atoms with Crippen molar-refractivity contribution in [1.29, 1.82) is 0 Å². The fourth-order valence-electron chi connectivity index (χ4n) is 7.20. The Morgan fingerprint density at radius 3 is 2.33 bits per heavy atom. The van der Waals surface area contributed by atoms with Crippen molar-refractivity contribution in [2.75, 3.05) is 38.8 Å². The summed E-state index contributed by atoms with van der Waals surface area (Å²) >= 11 is 0. The van der Waals surface area contributed by atoms with Crippen molar-refractivity contribution in [3.8, 4) is 28.7 Å². The third kappa shape index (κ3) is 5.70. The molecule has 20 heteroatoms. The van der Waals surface area contributed by atoms with E-state index >= 15 is 4.79 Å². The average molecular weight is 749 g/mol. The number of likely N-dealkylation sites (tertiary alicyclic amines) is 1. The third-order valence-corrected chi connectivity index (χ3v) is 10.8. The second-order valence-corrected chi connectivity index (χ2v) is 13.6. The zero-order valence-corrected chi connectivity index (χ0v) is 27.5. The van der Waals surface area contributed by atoms with Gasteiger partial charge in [0.2, 0.25) is 12.3 Å². The highest BCUT2D eigenvalue weighted by atomic mass is 32.2. The molecule has 3 heterocycles. The topological polar surface area (TPSA) is 150 Å². The van der Waals surface area contributed by atoms with E-state index in [1.54, 1.807) is 0 Å². The summed E-state index contributed by atoms with van der Waals surface area (Å²) in [5.74, 6) is -4.71. The number of rotatable bonds is 8. The van der Waals surface area contributed by atoms with Gasteiger partial charge in [-0.1, -0.05) is 6.07 Å². The molecule has 6 rings (SSSR count). The van der Waals surface area contributed by atoms with Crippen LogP contribution in [0, 0.1) is 0 Å². The molecule has 1 saturated heterocycles. The van der Waals surface area contributed by atoms with Crippen LogP contribution in [0.25, 0.3) is 0 Å². The summed E-state index contributed by atoms with van der Waals surface area (Å²) in [5.41, 5.74) is -3.83. The number of hydrogen-bond donors (Lipinski definition) is 2. The molecular formula is C31H28F6N3O10S+. The van der Waals surface area contributed by atoms with Crippen molar-refractivity contribution >= 4 is 27.5 Å². The standard InChI is InChI=1S/C31H27F6N3O10S/c1-38-27(42)22-11-16(41)14-40(22,2)29(19-5-4-6-23-26(19)48-15-47-23)20-12-18(49-30(32,33)34)7-9-21(20)39(28(29)43)51(44,45)25-10-8-17(46-3)13-24(25)50-31(35,36)37/h4-10,12-13,16,22,41H,11,14-15H2,1-3H3/p+1/t16-,22+,29?,40?/m1/s1. The molecule has 2 N–H and O–H groups in total. The number of carbonyl (C=O) groups excluding carboxylic acids is 2. The molecule has 0 bridgehead atoms. The van der Waals surface area contributed by atoms with E-state index in [4.69, 9.17) is 14.2 Å². The fourth-order valence-corrected chi connectivity index (χ4v) is 8.76. The van der Waals surface area contributed by atoms with Gasteiger partial charge < -0.3 is 34.1 Å². The molecule has 13 nitrogen and oxygen atoms in total. The number of likely N-dealkylation sites (N-methyl/N-ethyl adjacent to an activating group) is 2. The van der Waals surface area contributed by atoms with Gasteiger partial charge >= 0.3 is 18.6 Å². The Labute approximate surface area is 285 Å². The highest BCUT2D eigenvalue weighted by Gasteiger charge is 2.72. The molecule has 3 aliphatic heterocycles. The van der Waals surface area contributed by atoms with Crippen LogP contribution in [0.3, 0.4) is 0 Å². The van der Waals surface area contributed by atoms with Crippen molar-refractivity contribution in [3.05, 3.63) is 65.7 Å². The van der Waals surface area contributed by atoms with Gasteiger partial charge in [-0.25, -0.2) is 8.42 Å². The summed E-state index contributed by atoms with van der Waals surface area (Å²) in [7, 11) is -1.80. The van der Waals surface area contributed by atoms with E-state index < -0.39 is 97.7 Å². The van der Waals surface area contributed by atoms with Crippen molar-refractivity contribution in [2.24, 2.45) is 0 Å². The van der Waals surface area contributed by atoms with Gasteiger partial charge in [0.1, 0.15) is 29.0 Å². The van der Waals surface area contributed by atoms with Gasteiger partial charge in [-0.3, -0.25) is 14.1 Å². The van der Waals surface area contributed by atoms with E-state index in [0.29, 0.717) is 18.2 Å². The normalized spacial score (nSPS) is 24.4. The lowest BCUT2D eigenvalue weighted by atomic mass is 9.78. The second kappa shape index (κ2) is 12.1. The summed E-state index contributed by atoms with van der Waals surface area (Å²) in [5, 5.41) is 13.5. The van der Waals surface area contributed by atoms with Crippen LogP contribution in [0.1, 0.15) is 17.5 Å². The maximum Gasteiger partial charge on any atom is 0.573 e. The predicted octanol–water partition coefficient (Wildman–Crippen LogP) is 3.53. The van der Waals surface area contributed by atoms with Crippen LogP contribution in [0.15, 0.2) is 59.5 Å². The number of aliphatic hydroxyl groups is 1. The molecule has 0 aromatic heterocycles. The molecule has 3 aromatic rings. The first-order chi connectivity index (χ1) is 23.8.